The lowest BCUT2D eigenvalue weighted by molar-refractivity contribution is -0.124. The first-order chi connectivity index (χ1) is 5.07. The molecule has 0 aromatic carbocycles. The van der Waals surface area contributed by atoms with E-state index in [0.29, 0.717) is 13.1 Å². The molecule has 0 radical (unpaired) electrons. The van der Waals surface area contributed by atoms with Gasteiger partial charge in [-0.3, -0.25) is 4.79 Å². The fourth-order valence-electron chi connectivity index (χ4n) is 0.519. The summed E-state index contributed by atoms with van der Waals surface area (Å²) in [4.78, 5) is 11.0. The Bertz CT molecular complexity index is 125. The number of amides is 1. The maximum Gasteiger partial charge on any atom is 0.222 e. The van der Waals surface area contributed by atoms with Gasteiger partial charge in [0, 0.05) is 25.0 Å². The summed E-state index contributed by atoms with van der Waals surface area (Å²) in [6, 6.07) is -0.127. The van der Waals surface area contributed by atoms with Gasteiger partial charge in [-0.2, -0.15) is 0 Å². The van der Waals surface area contributed by atoms with E-state index in [1.807, 2.05) is 13.8 Å². The lowest BCUT2D eigenvalue weighted by atomic mass is 10.2. The summed E-state index contributed by atoms with van der Waals surface area (Å²) in [5.74, 6) is 0.0360. The maximum absolute atomic E-state index is 11.0. The molecule has 0 aromatic rings. The van der Waals surface area contributed by atoms with E-state index in [1.165, 1.54) is 0 Å². The topological polar surface area (TPSA) is 81.1 Å². The van der Waals surface area contributed by atoms with E-state index in [4.69, 9.17) is 11.5 Å². The molecule has 0 rings (SSSR count). The molecule has 0 aliphatic rings. The van der Waals surface area contributed by atoms with E-state index in [2.05, 4.69) is 5.32 Å². The molecule has 0 fully saturated rings. The van der Waals surface area contributed by atoms with Crippen LogP contribution in [0.15, 0.2) is 0 Å². The summed E-state index contributed by atoms with van der Waals surface area (Å²) in [6.45, 7) is 4.54. The zero-order valence-corrected chi connectivity index (χ0v) is 7.13. The highest BCUT2D eigenvalue weighted by Crippen LogP contribution is 1.89. The lowest BCUT2D eigenvalue weighted by Crippen LogP contribution is -2.42. The Labute approximate surface area is 67.3 Å². The number of rotatable bonds is 4. The fraction of sp³-hybridized carbons (Fsp3) is 0.857. The largest absolute Gasteiger partial charge is 0.354 e. The van der Waals surface area contributed by atoms with Gasteiger partial charge in [-0.1, -0.05) is 13.8 Å². The molecule has 0 heterocycles. The molecule has 11 heavy (non-hydrogen) atoms. The van der Waals surface area contributed by atoms with Crippen LogP contribution in [0.3, 0.4) is 0 Å². The second kappa shape index (κ2) is 5.09. The van der Waals surface area contributed by atoms with Crippen molar-refractivity contribution in [1.29, 1.82) is 0 Å². The van der Waals surface area contributed by atoms with Crippen LogP contribution in [0.4, 0.5) is 0 Å². The number of nitrogens with two attached hydrogens (primary N) is 2. The summed E-state index contributed by atoms with van der Waals surface area (Å²) in [5.41, 5.74) is 10.7. The van der Waals surface area contributed by atoms with Gasteiger partial charge in [0.05, 0.1) is 0 Å². The molecule has 5 N–H and O–H groups in total. The lowest BCUT2D eigenvalue weighted by Gasteiger charge is -2.11. The van der Waals surface area contributed by atoms with E-state index in [9.17, 15) is 4.79 Å². The number of carbonyl (C=O) groups is 1. The minimum Gasteiger partial charge on any atom is -0.354 e. The van der Waals surface area contributed by atoms with E-state index < -0.39 is 0 Å². The van der Waals surface area contributed by atoms with E-state index >= 15 is 0 Å². The first-order valence-electron chi connectivity index (χ1n) is 3.81. The van der Waals surface area contributed by atoms with E-state index in [-0.39, 0.29) is 17.9 Å². The first-order valence-corrected chi connectivity index (χ1v) is 3.81. The minimum atomic E-state index is -0.127. The second-order valence-corrected chi connectivity index (χ2v) is 2.90. The van der Waals surface area contributed by atoms with Gasteiger partial charge in [-0.05, 0) is 0 Å². The van der Waals surface area contributed by atoms with Crippen LogP contribution < -0.4 is 16.8 Å². The molecule has 0 aliphatic heterocycles. The number of carbonyl (C=O) groups excluding carboxylic acids is 1. The molecule has 0 aromatic heterocycles. The molecule has 1 amide bonds. The summed E-state index contributed by atoms with van der Waals surface area (Å²) in [7, 11) is 0. The van der Waals surface area contributed by atoms with Gasteiger partial charge in [0.2, 0.25) is 5.91 Å². The molecule has 4 heteroatoms. The van der Waals surface area contributed by atoms with Gasteiger partial charge in [0.1, 0.15) is 0 Å². The average Bonchev–Trinajstić information content (AvgIpc) is 1.99. The van der Waals surface area contributed by atoms with Crippen molar-refractivity contribution in [3.63, 3.8) is 0 Å². The molecule has 4 nitrogen and oxygen atoms in total. The molecule has 0 aliphatic carbocycles. The molecule has 0 unspecified atom stereocenters. The normalized spacial score (nSPS) is 13.2. The molecule has 0 bridgehead atoms. The molecular formula is C7H17N3O. The molecule has 1 atom stereocenters. The van der Waals surface area contributed by atoms with Crippen molar-refractivity contribution in [3.05, 3.63) is 0 Å². The Morgan fingerprint density at radius 1 is 1.55 bits per heavy atom. The van der Waals surface area contributed by atoms with Crippen molar-refractivity contribution in [2.24, 2.45) is 17.4 Å². The Morgan fingerprint density at radius 3 is 2.45 bits per heavy atom. The van der Waals surface area contributed by atoms with E-state index in [1.54, 1.807) is 0 Å². The van der Waals surface area contributed by atoms with Gasteiger partial charge in [0.15, 0.2) is 0 Å². The van der Waals surface area contributed by atoms with Gasteiger partial charge >= 0.3 is 0 Å². The third kappa shape index (κ3) is 4.75. The Kier molecular flexibility index (Phi) is 4.81. The van der Waals surface area contributed by atoms with Crippen LogP contribution >= 0.6 is 0 Å². The van der Waals surface area contributed by atoms with Crippen LogP contribution in [-0.2, 0) is 4.79 Å². The molecular weight excluding hydrogens is 142 g/mol. The van der Waals surface area contributed by atoms with Crippen molar-refractivity contribution in [1.82, 2.24) is 5.32 Å². The van der Waals surface area contributed by atoms with Gasteiger partial charge in [-0.25, -0.2) is 0 Å². The third-order valence-electron chi connectivity index (χ3n) is 1.37. The van der Waals surface area contributed by atoms with Crippen LogP contribution in [-0.4, -0.2) is 25.0 Å². The van der Waals surface area contributed by atoms with Crippen molar-refractivity contribution in [3.8, 4) is 0 Å². The van der Waals surface area contributed by atoms with Crippen molar-refractivity contribution < 1.29 is 4.79 Å². The maximum atomic E-state index is 11.0. The van der Waals surface area contributed by atoms with Crippen LogP contribution in [0.25, 0.3) is 0 Å². The summed E-state index contributed by atoms with van der Waals surface area (Å²) in [6.07, 6.45) is 0. The zero-order valence-electron chi connectivity index (χ0n) is 7.13. The summed E-state index contributed by atoms with van der Waals surface area (Å²) >= 11 is 0. The van der Waals surface area contributed by atoms with Crippen LogP contribution in [0.1, 0.15) is 13.8 Å². The Hall–Kier alpha value is -0.610. The predicted octanol–water partition coefficient (Wildman–Crippen LogP) is -0.955. The highest BCUT2D eigenvalue weighted by Gasteiger charge is 2.07. The zero-order chi connectivity index (χ0) is 8.85. The fourth-order valence-corrected chi connectivity index (χ4v) is 0.519. The highest BCUT2D eigenvalue weighted by molar-refractivity contribution is 5.77. The minimum absolute atomic E-state index is 0.0139. The highest BCUT2D eigenvalue weighted by atomic mass is 16.1. The van der Waals surface area contributed by atoms with Gasteiger partial charge < -0.3 is 16.8 Å². The van der Waals surface area contributed by atoms with Crippen LogP contribution in [0.2, 0.25) is 0 Å². The molecule has 0 saturated carbocycles. The van der Waals surface area contributed by atoms with Gasteiger partial charge in [0.25, 0.3) is 0 Å². The summed E-state index contributed by atoms with van der Waals surface area (Å²) in [5, 5.41) is 2.69. The quantitative estimate of drug-likeness (QED) is 0.494. The van der Waals surface area contributed by atoms with Gasteiger partial charge in [-0.15, -0.1) is 0 Å². The first kappa shape index (κ1) is 10.4. The van der Waals surface area contributed by atoms with Crippen molar-refractivity contribution in [2.75, 3.05) is 13.1 Å². The van der Waals surface area contributed by atoms with E-state index in [0.717, 1.165) is 0 Å². The van der Waals surface area contributed by atoms with Crippen LogP contribution in [0.5, 0.6) is 0 Å². The SMILES string of the molecule is CC(C)C(=O)NC[C@@H](N)CN. The molecule has 66 valence electrons. The second-order valence-electron chi connectivity index (χ2n) is 2.90. The molecule has 0 saturated heterocycles. The number of hydrogen-bond acceptors (Lipinski definition) is 3. The van der Waals surface area contributed by atoms with Crippen molar-refractivity contribution in [2.45, 2.75) is 19.9 Å². The smallest absolute Gasteiger partial charge is 0.222 e. The number of nitrogens with one attached hydrogen (secondary N) is 1. The van der Waals surface area contributed by atoms with Crippen molar-refractivity contribution >= 4 is 5.91 Å². The predicted molar refractivity (Wildman–Crippen MR) is 44.9 cm³/mol. The molecule has 0 spiro atoms. The summed E-state index contributed by atoms with van der Waals surface area (Å²) < 4.78 is 0. The Morgan fingerprint density at radius 2 is 2.09 bits per heavy atom. The number of hydrogen-bond donors (Lipinski definition) is 3. The van der Waals surface area contributed by atoms with Crippen LogP contribution in [0, 0.1) is 5.92 Å². The standard InChI is InChI=1S/C7H17N3O/c1-5(2)7(11)10-4-6(9)3-8/h5-6H,3-4,8-9H2,1-2H3,(H,10,11)/t6-/m0/s1. The Balaban J connectivity index is 3.46. The average molecular weight is 159 g/mol. The monoisotopic (exact) mass is 159 g/mol. The third-order valence-corrected chi connectivity index (χ3v) is 1.37.